The van der Waals surface area contributed by atoms with Crippen LogP contribution in [-0.4, -0.2) is 21.7 Å². The smallest absolute Gasteiger partial charge is 0.228 e. The molecule has 2 fully saturated rings. The number of anilines is 1. The highest BCUT2D eigenvalue weighted by Gasteiger charge is 2.40. The van der Waals surface area contributed by atoms with Gasteiger partial charge in [0.15, 0.2) is 5.82 Å². The third-order valence-electron chi connectivity index (χ3n) is 5.72. The van der Waals surface area contributed by atoms with Crippen LogP contribution < -0.4 is 11.1 Å². The molecule has 2 aromatic rings. The van der Waals surface area contributed by atoms with E-state index in [2.05, 4.69) is 10.4 Å². The lowest BCUT2D eigenvalue weighted by Crippen LogP contribution is -2.48. The van der Waals surface area contributed by atoms with Gasteiger partial charge in [0, 0.05) is 24.2 Å². The highest BCUT2D eigenvalue weighted by atomic mass is 35.5. The number of amides is 1. The molecule has 2 saturated carbocycles. The fraction of sp³-hybridized carbons (Fsp3) is 0.474. The summed E-state index contributed by atoms with van der Waals surface area (Å²) in [4.78, 5) is 12.7. The van der Waals surface area contributed by atoms with Crippen molar-refractivity contribution in [2.75, 3.05) is 5.32 Å². The average Bonchev–Trinajstić information content (AvgIpc) is 3.03. The molecular weight excluding hydrogens is 336 g/mol. The summed E-state index contributed by atoms with van der Waals surface area (Å²) in [6, 6.07) is 9.58. The van der Waals surface area contributed by atoms with Gasteiger partial charge in [-0.15, -0.1) is 0 Å². The van der Waals surface area contributed by atoms with E-state index in [1.54, 1.807) is 10.7 Å². The van der Waals surface area contributed by atoms with E-state index in [4.69, 9.17) is 17.3 Å². The summed E-state index contributed by atoms with van der Waals surface area (Å²) >= 11 is 6.20. The van der Waals surface area contributed by atoms with Crippen LogP contribution in [0.1, 0.15) is 32.1 Å². The van der Waals surface area contributed by atoms with Gasteiger partial charge in [0.1, 0.15) is 0 Å². The van der Waals surface area contributed by atoms with E-state index >= 15 is 0 Å². The summed E-state index contributed by atoms with van der Waals surface area (Å²) in [5.74, 6) is 1.64. The first-order valence-electron chi connectivity index (χ1n) is 8.99. The Balaban J connectivity index is 1.44. The molecule has 1 amide bonds. The molecule has 5 nitrogen and oxygen atoms in total. The number of carbonyl (C=O) groups is 1. The topological polar surface area (TPSA) is 72.9 Å². The average molecular weight is 359 g/mol. The van der Waals surface area contributed by atoms with Crippen LogP contribution >= 0.6 is 11.6 Å². The zero-order chi connectivity index (χ0) is 17.4. The SMILES string of the molecule is NC1C2CCCC1CC(C(=O)Nc1ccn(-c3ccccc3Cl)n1)C2. The van der Waals surface area contributed by atoms with Crippen LogP contribution in [0.15, 0.2) is 36.5 Å². The predicted octanol–water partition coefficient (Wildman–Crippen LogP) is 3.62. The maximum absolute atomic E-state index is 12.7. The predicted molar refractivity (Wildman–Crippen MR) is 98.7 cm³/mol. The minimum atomic E-state index is 0.0422. The summed E-state index contributed by atoms with van der Waals surface area (Å²) in [6.07, 6.45) is 7.16. The second kappa shape index (κ2) is 6.81. The summed E-state index contributed by atoms with van der Waals surface area (Å²) < 4.78 is 1.68. The summed E-state index contributed by atoms with van der Waals surface area (Å²) in [5, 5.41) is 8.03. The molecule has 2 aliphatic carbocycles. The van der Waals surface area contributed by atoms with E-state index in [9.17, 15) is 4.79 Å². The molecule has 3 N–H and O–H groups in total. The number of nitrogens with one attached hydrogen (secondary N) is 1. The largest absolute Gasteiger partial charge is 0.327 e. The lowest BCUT2D eigenvalue weighted by Gasteiger charge is -2.43. The van der Waals surface area contributed by atoms with Crippen LogP contribution in [0.2, 0.25) is 5.02 Å². The van der Waals surface area contributed by atoms with Gasteiger partial charge in [0.25, 0.3) is 0 Å². The van der Waals surface area contributed by atoms with Crippen molar-refractivity contribution >= 4 is 23.3 Å². The van der Waals surface area contributed by atoms with Gasteiger partial charge in [-0.3, -0.25) is 4.79 Å². The van der Waals surface area contributed by atoms with E-state index < -0.39 is 0 Å². The Labute approximate surface area is 152 Å². The van der Waals surface area contributed by atoms with Crippen molar-refractivity contribution < 1.29 is 4.79 Å². The van der Waals surface area contributed by atoms with E-state index in [0.717, 1.165) is 31.4 Å². The molecule has 2 aliphatic rings. The maximum atomic E-state index is 12.7. The van der Waals surface area contributed by atoms with Gasteiger partial charge in [-0.1, -0.05) is 30.2 Å². The number of aromatic nitrogens is 2. The first kappa shape index (κ1) is 16.6. The molecule has 2 atom stereocenters. The monoisotopic (exact) mass is 358 g/mol. The maximum Gasteiger partial charge on any atom is 0.228 e. The van der Waals surface area contributed by atoms with Crippen molar-refractivity contribution in [2.24, 2.45) is 23.5 Å². The first-order valence-corrected chi connectivity index (χ1v) is 9.36. The number of rotatable bonds is 3. The highest BCUT2D eigenvalue weighted by Crippen LogP contribution is 2.42. The fourth-order valence-corrected chi connectivity index (χ4v) is 4.62. The van der Waals surface area contributed by atoms with Crippen LogP contribution in [0, 0.1) is 17.8 Å². The van der Waals surface area contributed by atoms with Crippen molar-refractivity contribution in [1.29, 1.82) is 0 Å². The van der Waals surface area contributed by atoms with Crippen LogP contribution in [0.25, 0.3) is 5.69 Å². The molecule has 2 unspecified atom stereocenters. The lowest BCUT2D eigenvalue weighted by atomic mass is 9.65. The number of halogens is 1. The molecular formula is C19H23ClN4O. The normalized spacial score (nSPS) is 28.6. The molecule has 0 radical (unpaired) electrons. The Kier molecular flexibility index (Phi) is 4.52. The third-order valence-corrected chi connectivity index (χ3v) is 6.04. The summed E-state index contributed by atoms with van der Waals surface area (Å²) in [7, 11) is 0. The van der Waals surface area contributed by atoms with Crippen LogP contribution in [-0.2, 0) is 4.79 Å². The lowest BCUT2D eigenvalue weighted by molar-refractivity contribution is -0.122. The molecule has 4 rings (SSSR count). The highest BCUT2D eigenvalue weighted by molar-refractivity contribution is 6.32. The number of fused-ring (bicyclic) bond motifs is 2. The fourth-order valence-electron chi connectivity index (χ4n) is 4.39. The van der Waals surface area contributed by atoms with Gasteiger partial charge in [-0.25, -0.2) is 4.68 Å². The van der Waals surface area contributed by atoms with Gasteiger partial charge in [0.2, 0.25) is 5.91 Å². The van der Waals surface area contributed by atoms with Gasteiger partial charge in [-0.2, -0.15) is 5.10 Å². The van der Waals surface area contributed by atoms with Gasteiger partial charge in [0.05, 0.1) is 10.7 Å². The molecule has 1 aromatic heterocycles. The number of hydrogen-bond donors (Lipinski definition) is 2. The van der Waals surface area contributed by atoms with Crippen molar-refractivity contribution in [3.8, 4) is 5.69 Å². The van der Waals surface area contributed by atoms with E-state index in [0.29, 0.717) is 22.7 Å². The van der Waals surface area contributed by atoms with Crippen molar-refractivity contribution in [1.82, 2.24) is 9.78 Å². The third kappa shape index (κ3) is 3.31. The minimum Gasteiger partial charge on any atom is -0.327 e. The number of nitrogens with two attached hydrogens (primary N) is 1. The number of carbonyl (C=O) groups excluding carboxylic acids is 1. The van der Waals surface area contributed by atoms with Gasteiger partial charge in [-0.05, 0) is 49.7 Å². The molecule has 0 saturated heterocycles. The number of benzene rings is 1. The molecule has 25 heavy (non-hydrogen) atoms. The minimum absolute atomic E-state index is 0.0422. The van der Waals surface area contributed by atoms with Crippen LogP contribution in [0.3, 0.4) is 0 Å². The number of nitrogens with zero attached hydrogens (tertiary/aromatic N) is 2. The second-order valence-electron chi connectivity index (χ2n) is 7.28. The Morgan fingerprint density at radius 1 is 1.20 bits per heavy atom. The van der Waals surface area contributed by atoms with Gasteiger partial charge < -0.3 is 11.1 Å². The molecule has 0 spiro atoms. The summed E-state index contributed by atoms with van der Waals surface area (Å²) in [6.45, 7) is 0. The molecule has 0 aliphatic heterocycles. The van der Waals surface area contributed by atoms with Crippen molar-refractivity contribution in [3.05, 3.63) is 41.6 Å². The molecule has 2 bridgehead atoms. The van der Waals surface area contributed by atoms with Crippen molar-refractivity contribution in [2.45, 2.75) is 38.1 Å². The molecule has 132 valence electrons. The Bertz CT molecular complexity index is 760. The van der Waals surface area contributed by atoms with Crippen LogP contribution in [0.4, 0.5) is 5.82 Å². The quantitative estimate of drug-likeness (QED) is 0.880. The molecule has 6 heteroatoms. The van der Waals surface area contributed by atoms with Crippen LogP contribution in [0.5, 0.6) is 0 Å². The van der Waals surface area contributed by atoms with E-state index in [1.165, 1.54) is 6.42 Å². The Hall–Kier alpha value is -1.85. The Morgan fingerprint density at radius 2 is 1.92 bits per heavy atom. The molecule has 1 heterocycles. The van der Waals surface area contributed by atoms with Gasteiger partial charge >= 0.3 is 0 Å². The van der Waals surface area contributed by atoms with E-state index in [-0.39, 0.29) is 17.9 Å². The standard InChI is InChI=1S/C19H23ClN4O/c20-15-6-1-2-7-16(15)24-9-8-17(23-24)22-19(25)14-10-12-4-3-5-13(11-14)18(12)21/h1-2,6-9,12-14,18H,3-5,10-11,21H2,(H,22,23,25). The number of hydrogen-bond acceptors (Lipinski definition) is 3. The van der Waals surface area contributed by atoms with E-state index in [1.807, 2.05) is 30.5 Å². The molecule has 1 aromatic carbocycles. The second-order valence-corrected chi connectivity index (χ2v) is 7.69. The Morgan fingerprint density at radius 3 is 2.64 bits per heavy atom. The zero-order valence-electron chi connectivity index (χ0n) is 14.1. The summed E-state index contributed by atoms with van der Waals surface area (Å²) in [5.41, 5.74) is 7.12. The number of para-hydroxylation sites is 1. The zero-order valence-corrected chi connectivity index (χ0v) is 14.8. The van der Waals surface area contributed by atoms with Crippen molar-refractivity contribution in [3.63, 3.8) is 0 Å². The first-order chi connectivity index (χ1) is 12.1.